The Morgan fingerprint density at radius 3 is 2.96 bits per heavy atom. The Hall–Kier alpha value is -1.60. The monoisotopic (exact) mass is 322 g/mol. The third-order valence-corrected chi connectivity index (χ3v) is 4.69. The molecule has 3 heterocycles. The van der Waals surface area contributed by atoms with Crippen molar-refractivity contribution >= 4 is 6.03 Å². The van der Waals surface area contributed by atoms with Crippen LogP contribution in [0.2, 0.25) is 0 Å². The second kappa shape index (κ2) is 6.88. The SMILES string of the molecule is Cc1cnn(CCNC(=O)N2CCCC(C3(C)OCCO3)C2)c1. The lowest BCUT2D eigenvalue weighted by Crippen LogP contribution is -2.51. The first-order valence-electron chi connectivity index (χ1n) is 8.36. The quantitative estimate of drug-likeness (QED) is 0.909. The number of carbonyl (C=O) groups excluding carboxylic acids is 1. The maximum Gasteiger partial charge on any atom is 0.317 e. The molecule has 7 nitrogen and oxygen atoms in total. The molecule has 1 unspecified atom stereocenters. The largest absolute Gasteiger partial charge is 0.347 e. The van der Waals surface area contributed by atoms with Crippen LogP contribution in [0.1, 0.15) is 25.3 Å². The number of nitrogens with zero attached hydrogens (tertiary/aromatic N) is 3. The summed E-state index contributed by atoms with van der Waals surface area (Å²) in [6, 6.07) is -0.0137. The van der Waals surface area contributed by atoms with Crippen molar-refractivity contribution in [2.75, 3.05) is 32.8 Å². The van der Waals surface area contributed by atoms with Gasteiger partial charge < -0.3 is 19.7 Å². The van der Waals surface area contributed by atoms with Gasteiger partial charge in [0.15, 0.2) is 5.79 Å². The molecule has 23 heavy (non-hydrogen) atoms. The molecule has 2 amide bonds. The summed E-state index contributed by atoms with van der Waals surface area (Å²) in [5, 5.41) is 7.20. The summed E-state index contributed by atoms with van der Waals surface area (Å²) in [5.74, 6) is -0.302. The standard InChI is InChI=1S/C16H26N4O3/c1-13-10-18-20(11-13)7-5-17-15(21)19-6-3-4-14(12-19)16(2)22-8-9-23-16/h10-11,14H,3-9,12H2,1-2H3,(H,17,21). The van der Waals surface area contributed by atoms with Gasteiger partial charge in [0.1, 0.15) is 0 Å². The lowest BCUT2D eigenvalue weighted by molar-refractivity contribution is -0.189. The van der Waals surface area contributed by atoms with Crippen LogP contribution in [0.15, 0.2) is 12.4 Å². The molecule has 1 aromatic rings. The highest BCUT2D eigenvalue weighted by atomic mass is 16.7. The molecule has 0 bridgehead atoms. The molecule has 3 rings (SSSR count). The Kier molecular flexibility index (Phi) is 4.87. The van der Waals surface area contributed by atoms with Gasteiger partial charge in [-0.3, -0.25) is 4.68 Å². The molecular formula is C16H26N4O3. The molecule has 0 aliphatic carbocycles. The minimum absolute atomic E-state index is 0.0137. The number of rotatable bonds is 4. The number of likely N-dealkylation sites (tertiary alicyclic amines) is 1. The van der Waals surface area contributed by atoms with Crippen molar-refractivity contribution < 1.29 is 14.3 Å². The molecule has 0 radical (unpaired) electrons. The van der Waals surface area contributed by atoms with Crippen molar-refractivity contribution in [3.8, 4) is 0 Å². The number of aryl methyl sites for hydroxylation is 1. The van der Waals surface area contributed by atoms with E-state index in [0.717, 1.165) is 24.9 Å². The number of amides is 2. The fourth-order valence-corrected chi connectivity index (χ4v) is 3.33. The Balaban J connectivity index is 1.47. The van der Waals surface area contributed by atoms with Crippen LogP contribution in [0.25, 0.3) is 0 Å². The molecule has 0 spiro atoms. The van der Waals surface area contributed by atoms with Crippen molar-refractivity contribution in [3.05, 3.63) is 18.0 Å². The highest BCUT2D eigenvalue weighted by Gasteiger charge is 2.42. The molecule has 2 saturated heterocycles. The molecule has 0 aromatic carbocycles. The summed E-state index contributed by atoms with van der Waals surface area (Å²) in [5.41, 5.74) is 1.13. The highest BCUT2D eigenvalue weighted by Crippen LogP contribution is 2.33. The molecule has 2 aliphatic heterocycles. The van der Waals surface area contributed by atoms with Crippen molar-refractivity contribution in [2.45, 2.75) is 39.0 Å². The maximum absolute atomic E-state index is 12.4. The Morgan fingerprint density at radius 2 is 2.26 bits per heavy atom. The Bertz CT molecular complexity index is 539. The van der Waals surface area contributed by atoms with E-state index in [1.54, 1.807) is 0 Å². The van der Waals surface area contributed by atoms with Crippen LogP contribution in [0.3, 0.4) is 0 Å². The van der Waals surface area contributed by atoms with E-state index in [0.29, 0.717) is 32.8 Å². The molecule has 1 aromatic heterocycles. The smallest absolute Gasteiger partial charge is 0.317 e. The molecular weight excluding hydrogens is 296 g/mol. The van der Waals surface area contributed by atoms with Gasteiger partial charge in [0.25, 0.3) is 0 Å². The average Bonchev–Trinajstić information content (AvgIpc) is 3.17. The number of piperidine rings is 1. The van der Waals surface area contributed by atoms with Gasteiger partial charge in [0.2, 0.25) is 0 Å². The van der Waals surface area contributed by atoms with Gasteiger partial charge >= 0.3 is 6.03 Å². The van der Waals surface area contributed by atoms with Crippen LogP contribution in [-0.2, 0) is 16.0 Å². The first-order chi connectivity index (χ1) is 11.1. The van der Waals surface area contributed by atoms with E-state index < -0.39 is 5.79 Å². The van der Waals surface area contributed by atoms with E-state index in [-0.39, 0.29) is 11.9 Å². The first kappa shape index (κ1) is 16.3. The number of ether oxygens (including phenoxy) is 2. The van der Waals surface area contributed by atoms with E-state index in [2.05, 4.69) is 10.4 Å². The van der Waals surface area contributed by atoms with E-state index in [1.165, 1.54) is 0 Å². The zero-order chi connectivity index (χ0) is 16.3. The highest BCUT2D eigenvalue weighted by molar-refractivity contribution is 5.74. The molecule has 1 N–H and O–H groups in total. The minimum atomic E-state index is -0.536. The van der Waals surface area contributed by atoms with Gasteiger partial charge in [-0.05, 0) is 32.3 Å². The summed E-state index contributed by atoms with van der Waals surface area (Å²) in [6.07, 6.45) is 5.81. The molecule has 128 valence electrons. The number of nitrogens with one attached hydrogen (secondary N) is 1. The summed E-state index contributed by atoms with van der Waals surface area (Å²) < 4.78 is 13.4. The Morgan fingerprint density at radius 1 is 1.48 bits per heavy atom. The summed E-state index contributed by atoms with van der Waals surface area (Å²) in [6.45, 7) is 8.01. The second-order valence-electron chi connectivity index (χ2n) is 6.51. The van der Waals surface area contributed by atoms with Crippen LogP contribution in [0, 0.1) is 12.8 Å². The number of aromatic nitrogens is 2. The number of hydrogen-bond acceptors (Lipinski definition) is 4. The Labute approximate surface area is 136 Å². The van der Waals surface area contributed by atoms with E-state index in [4.69, 9.17) is 9.47 Å². The topological polar surface area (TPSA) is 68.6 Å². The molecule has 1 atom stereocenters. The molecule has 2 aliphatic rings. The lowest BCUT2D eigenvalue weighted by atomic mass is 9.90. The van der Waals surface area contributed by atoms with Gasteiger partial charge in [-0.25, -0.2) is 4.79 Å². The van der Waals surface area contributed by atoms with Crippen LogP contribution in [0.4, 0.5) is 4.79 Å². The number of hydrogen-bond donors (Lipinski definition) is 1. The third-order valence-electron chi connectivity index (χ3n) is 4.69. The first-order valence-corrected chi connectivity index (χ1v) is 8.36. The van der Waals surface area contributed by atoms with Crippen LogP contribution in [0.5, 0.6) is 0 Å². The van der Waals surface area contributed by atoms with Crippen molar-refractivity contribution in [1.29, 1.82) is 0 Å². The van der Waals surface area contributed by atoms with Gasteiger partial charge in [-0.2, -0.15) is 5.10 Å². The predicted octanol–water partition coefficient (Wildman–Crippen LogP) is 1.38. The number of carbonyl (C=O) groups is 1. The second-order valence-corrected chi connectivity index (χ2v) is 6.51. The zero-order valence-corrected chi connectivity index (χ0v) is 14.0. The van der Waals surface area contributed by atoms with Crippen molar-refractivity contribution in [1.82, 2.24) is 20.0 Å². The molecule has 0 saturated carbocycles. The number of urea groups is 1. The normalized spacial score (nSPS) is 23.9. The van der Waals surface area contributed by atoms with E-state index >= 15 is 0 Å². The zero-order valence-electron chi connectivity index (χ0n) is 14.0. The average molecular weight is 322 g/mol. The van der Waals surface area contributed by atoms with Gasteiger partial charge in [0, 0.05) is 31.7 Å². The fraction of sp³-hybridized carbons (Fsp3) is 0.750. The predicted molar refractivity (Wildman–Crippen MR) is 85.0 cm³/mol. The molecule has 2 fully saturated rings. The van der Waals surface area contributed by atoms with Crippen molar-refractivity contribution in [2.24, 2.45) is 5.92 Å². The molecule has 7 heteroatoms. The summed E-state index contributed by atoms with van der Waals surface area (Å²) in [4.78, 5) is 14.2. The van der Waals surface area contributed by atoms with E-state index in [1.807, 2.05) is 35.8 Å². The van der Waals surface area contributed by atoms with Gasteiger partial charge in [-0.1, -0.05) is 0 Å². The summed E-state index contributed by atoms with van der Waals surface area (Å²) in [7, 11) is 0. The van der Waals surface area contributed by atoms with Crippen LogP contribution >= 0.6 is 0 Å². The minimum Gasteiger partial charge on any atom is -0.347 e. The summed E-state index contributed by atoms with van der Waals surface area (Å²) >= 11 is 0. The van der Waals surface area contributed by atoms with Crippen LogP contribution in [-0.4, -0.2) is 59.3 Å². The van der Waals surface area contributed by atoms with Gasteiger partial charge in [0.05, 0.1) is 26.0 Å². The van der Waals surface area contributed by atoms with E-state index in [9.17, 15) is 4.79 Å². The lowest BCUT2D eigenvalue weighted by Gasteiger charge is -2.39. The third kappa shape index (κ3) is 3.84. The fourth-order valence-electron chi connectivity index (χ4n) is 3.33. The van der Waals surface area contributed by atoms with Crippen molar-refractivity contribution in [3.63, 3.8) is 0 Å². The van der Waals surface area contributed by atoms with Gasteiger partial charge in [-0.15, -0.1) is 0 Å². The maximum atomic E-state index is 12.4. The van der Waals surface area contributed by atoms with Crippen LogP contribution < -0.4 is 5.32 Å².